The molecular weight excluding hydrogens is 364 g/mol. The number of esters is 1. The predicted molar refractivity (Wildman–Crippen MR) is 104 cm³/mol. The Morgan fingerprint density at radius 2 is 2.04 bits per heavy atom. The highest BCUT2D eigenvalue weighted by Crippen LogP contribution is 2.29. The number of benzene rings is 2. The second-order valence-corrected chi connectivity index (χ2v) is 7.02. The third-order valence-electron chi connectivity index (χ3n) is 4.06. The van der Waals surface area contributed by atoms with E-state index in [1.54, 1.807) is 13.0 Å². The van der Waals surface area contributed by atoms with E-state index in [1.165, 1.54) is 11.3 Å². The topological polar surface area (TPSA) is 81.4 Å². The Bertz CT molecular complexity index is 1150. The first-order chi connectivity index (χ1) is 13.1. The van der Waals surface area contributed by atoms with Gasteiger partial charge in [0.1, 0.15) is 10.6 Å². The van der Waals surface area contributed by atoms with Crippen LogP contribution in [-0.4, -0.2) is 23.6 Å². The highest BCUT2D eigenvalue weighted by Gasteiger charge is 2.14. The molecule has 4 rings (SSSR count). The molecule has 0 saturated heterocycles. The number of fused-ring (bicyclic) bond motifs is 2. The number of aromatic nitrogens is 1. The second-order valence-electron chi connectivity index (χ2n) is 5.93. The zero-order valence-electron chi connectivity index (χ0n) is 14.5. The normalized spacial score (nSPS) is 11.0. The van der Waals surface area contributed by atoms with Gasteiger partial charge in [-0.15, -0.1) is 11.3 Å². The number of thiophene rings is 1. The molecule has 0 fully saturated rings. The quantitative estimate of drug-likeness (QED) is 0.519. The van der Waals surface area contributed by atoms with E-state index in [4.69, 9.17) is 9.26 Å². The SMILES string of the molecule is CCOC(=O)c1cc2cc(NC(=O)Cc3noc4ccccc34)ccc2s1. The van der Waals surface area contributed by atoms with E-state index in [1.807, 2.05) is 42.5 Å². The number of hydrogen-bond donors (Lipinski definition) is 1. The van der Waals surface area contributed by atoms with Gasteiger partial charge in [0, 0.05) is 15.8 Å². The molecule has 2 aromatic carbocycles. The number of para-hydroxylation sites is 1. The monoisotopic (exact) mass is 380 g/mol. The van der Waals surface area contributed by atoms with Crippen molar-refractivity contribution in [3.05, 3.63) is 59.1 Å². The van der Waals surface area contributed by atoms with E-state index in [0.29, 0.717) is 28.4 Å². The van der Waals surface area contributed by atoms with Crippen LogP contribution in [0.5, 0.6) is 0 Å². The van der Waals surface area contributed by atoms with Crippen LogP contribution in [0.2, 0.25) is 0 Å². The van der Waals surface area contributed by atoms with Crippen molar-refractivity contribution in [3.63, 3.8) is 0 Å². The van der Waals surface area contributed by atoms with Crippen LogP contribution >= 0.6 is 11.3 Å². The van der Waals surface area contributed by atoms with Gasteiger partial charge in [0.05, 0.1) is 13.0 Å². The molecule has 1 amide bonds. The molecule has 27 heavy (non-hydrogen) atoms. The average Bonchev–Trinajstić information content (AvgIpc) is 3.26. The molecule has 0 atom stereocenters. The van der Waals surface area contributed by atoms with Gasteiger partial charge >= 0.3 is 5.97 Å². The first-order valence-corrected chi connectivity index (χ1v) is 9.29. The minimum atomic E-state index is -0.331. The second kappa shape index (κ2) is 7.20. The molecule has 1 N–H and O–H groups in total. The predicted octanol–water partition coefficient (Wildman–Crippen LogP) is 4.40. The van der Waals surface area contributed by atoms with Gasteiger partial charge in [0.25, 0.3) is 0 Å². The van der Waals surface area contributed by atoms with E-state index in [0.717, 1.165) is 15.5 Å². The van der Waals surface area contributed by atoms with Gasteiger partial charge in [-0.3, -0.25) is 4.79 Å². The molecule has 0 aliphatic heterocycles. The molecule has 7 heteroatoms. The molecule has 2 aromatic heterocycles. The lowest BCUT2D eigenvalue weighted by Crippen LogP contribution is -2.14. The van der Waals surface area contributed by atoms with Crippen molar-refractivity contribution >= 4 is 50.0 Å². The smallest absolute Gasteiger partial charge is 0.348 e. The van der Waals surface area contributed by atoms with Crippen LogP contribution in [-0.2, 0) is 16.0 Å². The van der Waals surface area contributed by atoms with Crippen LogP contribution in [0.3, 0.4) is 0 Å². The molecule has 0 aliphatic rings. The summed E-state index contributed by atoms with van der Waals surface area (Å²) in [6.45, 7) is 2.11. The van der Waals surface area contributed by atoms with Crippen LogP contribution in [0.15, 0.2) is 53.1 Å². The van der Waals surface area contributed by atoms with E-state index in [-0.39, 0.29) is 18.3 Å². The van der Waals surface area contributed by atoms with Gasteiger partial charge in [-0.2, -0.15) is 0 Å². The number of hydrogen-bond acceptors (Lipinski definition) is 6. The number of nitrogens with zero attached hydrogens (tertiary/aromatic N) is 1. The lowest BCUT2D eigenvalue weighted by atomic mass is 10.1. The van der Waals surface area contributed by atoms with Crippen molar-refractivity contribution in [1.82, 2.24) is 5.16 Å². The number of anilines is 1. The Morgan fingerprint density at radius 1 is 1.19 bits per heavy atom. The molecule has 4 aromatic rings. The summed E-state index contributed by atoms with van der Waals surface area (Å²) < 4.78 is 11.2. The van der Waals surface area contributed by atoms with E-state index < -0.39 is 0 Å². The third-order valence-corrected chi connectivity index (χ3v) is 5.15. The molecule has 0 bridgehead atoms. The van der Waals surface area contributed by atoms with Gasteiger partial charge in [0.15, 0.2) is 5.58 Å². The summed E-state index contributed by atoms with van der Waals surface area (Å²) in [5.74, 6) is -0.517. The summed E-state index contributed by atoms with van der Waals surface area (Å²) in [5, 5.41) is 8.57. The van der Waals surface area contributed by atoms with Gasteiger partial charge in [-0.05, 0) is 48.7 Å². The number of ether oxygens (including phenoxy) is 1. The van der Waals surface area contributed by atoms with Crippen LogP contribution in [0.25, 0.3) is 21.1 Å². The maximum Gasteiger partial charge on any atom is 0.348 e. The summed E-state index contributed by atoms with van der Waals surface area (Å²) in [5.41, 5.74) is 1.92. The van der Waals surface area contributed by atoms with Gasteiger partial charge < -0.3 is 14.6 Å². The fraction of sp³-hybridized carbons (Fsp3) is 0.150. The zero-order chi connectivity index (χ0) is 18.8. The van der Waals surface area contributed by atoms with Gasteiger partial charge in [-0.25, -0.2) is 4.79 Å². The maximum absolute atomic E-state index is 12.4. The molecular formula is C20H16N2O4S. The summed E-state index contributed by atoms with van der Waals surface area (Å²) in [4.78, 5) is 24.8. The van der Waals surface area contributed by atoms with Crippen molar-refractivity contribution in [3.8, 4) is 0 Å². The van der Waals surface area contributed by atoms with E-state index >= 15 is 0 Å². The van der Waals surface area contributed by atoms with Crippen molar-refractivity contribution in [2.45, 2.75) is 13.3 Å². The molecule has 0 unspecified atom stereocenters. The Kier molecular flexibility index (Phi) is 4.60. The molecule has 2 heterocycles. The number of carbonyl (C=O) groups excluding carboxylic acids is 2. The highest BCUT2D eigenvalue weighted by atomic mass is 32.1. The number of nitrogens with one attached hydrogen (secondary N) is 1. The Labute approximate surface area is 158 Å². The largest absolute Gasteiger partial charge is 0.462 e. The molecule has 6 nitrogen and oxygen atoms in total. The highest BCUT2D eigenvalue weighted by molar-refractivity contribution is 7.20. The van der Waals surface area contributed by atoms with Crippen molar-refractivity contribution in [1.29, 1.82) is 0 Å². The molecule has 136 valence electrons. The average molecular weight is 380 g/mol. The summed E-state index contributed by atoms with van der Waals surface area (Å²) in [7, 11) is 0. The number of rotatable bonds is 5. The fourth-order valence-electron chi connectivity index (χ4n) is 2.85. The van der Waals surface area contributed by atoms with E-state index in [2.05, 4.69) is 10.5 Å². The molecule has 0 radical (unpaired) electrons. The Balaban J connectivity index is 1.50. The summed E-state index contributed by atoms with van der Waals surface area (Å²) in [6, 6.07) is 14.7. The minimum absolute atomic E-state index is 0.118. The fourth-order valence-corrected chi connectivity index (χ4v) is 3.78. The van der Waals surface area contributed by atoms with Crippen LogP contribution in [0.4, 0.5) is 5.69 Å². The van der Waals surface area contributed by atoms with Gasteiger partial charge in [-0.1, -0.05) is 17.3 Å². The first-order valence-electron chi connectivity index (χ1n) is 8.48. The maximum atomic E-state index is 12.4. The Hall–Kier alpha value is -3.19. The standard InChI is InChI=1S/C20H16N2O4S/c1-2-25-20(24)18-10-12-9-13(7-8-17(12)27-18)21-19(23)11-15-14-5-3-4-6-16(14)26-22-15/h3-10H,2,11H2,1H3,(H,21,23). The lowest BCUT2D eigenvalue weighted by Gasteiger charge is -2.04. The minimum Gasteiger partial charge on any atom is -0.462 e. The summed E-state index contributed by atoms with van der Waals surface area (Å²) in [6.07, 6.45) is 0.118. The first kappa shape index (κ1) is 17.2. The van der Waals surface area contributed by atoms with Crippen LogP contribution < -0.4 is 5.32 Å². The number of carbonyl (C=O) groups is 2. The molecule has 0 saturated carbocycles. The van der Waals surface area contributed by atoms with Crippen molar-refractivity contribution < 1.29 is 18.8 Å². The van der Waals surface area contributed by atoms with E-state index in [9.17, 15) is 9.59 Å². The molecule has 0 spiro atoms. The third kappa shape index (κ3) is 3.54. The molecule has 0 aliphatic carbocycles. The Morgan fingerprint density at radius 3 is 2.89 bits per heavy atom. The zero-order valence-corrected chi connectivity index (χ0v) is 15.3. The van der Waals surface area contributed by atoms with Crippen molar-refractivity contribution in [2.75, 3.05) is 11.9 Å². The van der Waals surface area contributed by atoms with Crippen molar-refractivity contribution in [2.24, 2.45) is 0 Å². The van der Waals surface area contributed by atoms with Crippen LogP contribution in [0, 0.1) is 0 Å². The van der Waals surface area contributed by atoms with Crippen LogP contribution in [0.1, 0.15) is 22.3 Å². The number of amides is 1. The lowest BCUT2D eigenvalue weighted by molar-refractivity contribution is -0.115. The van der Waals surface area contributed by atoms with Gasteiger partial charge in [0.2, 0.25) is 5.91 Å². The summed E-state index contributed by atoms with van der Waals surface area (Å²) >= 11 is 1.37.